The second-order valence-corrected chi connectivity index (χ2v) is 6.38. The number of furan rings is 1. The molecule has 3 rings (SSSR count). The molecule has 0 unspecified atom stereocenters. The highest BCUT2D eigenvalue weighted by molar-refractivity contribution is 7.15. The number of hydrogen-bond donors (Lipinski definition) is 1. The highest BCUT2D eigenvalue weighted by Crippen LogP contribution is 2.28. The number of hydrogen-bond acceptors (Lipinski definition) is 4. The lowest BCUT2D eigenvalue weighted by Gasteiger charge is -2.01. The van der Waals surface area contributed by atoms with E-state index in [4.69, 9.17) is 4.42 Å². The zero-order valence-corrected chi connectivity index (χ0v) is 12.3. The molecule has 5 heteroatoms. The van der Waals surface area contributed by atoms with Crippen LogP contribution in [0.3, 0.4) is 0 Å². The number of rotatable bonds is 5. The van der Waals surface area contributed by atoms with Crippen molar-refractivity contribution in [3.63, 3.8) is 0 Å². The summed E-state index contributed by atoms with van der Waals surface area (Å²) >= 11 is 3.19. The fourth-order valence-electron chi connectivity index (χ4n) is 1.87. The minimum atomic E-state index is 0.00612. The molecule has 3 nitrogen and oxygen atoms in total. The van der Waals surface area contributed by atoms with Crippen LogP contribution in [0.2, 0.25) is 0 Å². The van der Waals surface area contributed by atoms with Crippen LogP contribution in [0.5, 0.6) is 0 Å². The maximum atomic E-state index is 11.8. The van der Waals surface area contributed by atoms with E-state index in [1.165, 1.54) is 21.1 Å². The minimum Gasteiger partial charge on any atom is -0.472 e. The van der Waals surface area contributed by atoms with Crippen LogP contribution < -0.4 is 5.32 Å². The Morgan fingerprint density at radius 1 is 1.25 bits per heavy atom. The maximum absolute atomic E-state index is 11.8. The molecule has 1 amide bonds. The van der Waals surface area contributed by atoms with Crippen molar-refractivity contribution in [2.24, 2.45) is 0 Å². The highest BCUT2D eigenvalue weighted by Gasteiger charge is 2.07. The van der Waals surface area contributed by atoms with Crippen LogP contribution in [0.4, 0.5) is 0 Å². The molecule has 0 aliphatic rings. The van der Waals surface area contributed by atoms with Gasteiger partial charge < -0.3 is 9.73 Å². The molecule has 0 fully saturated rings. The van der Waals surface area contributed by atoms with Crippen LogP contribution in [-0.2, 0) is 6.42 Å². The summed E-state index contributed by atoms with van der Waals surface area (Å²) in [5.41, 5.74) is 1.10. The molecule has 102 valence electrons. The van der Waals surface area contributed by atoms with Gasteiger partial charge in [-0.15, -0.1) is 22.7 Å². The Hall–Kier alpha value is -1.85. The lowest BCUT2D eigenvalue weighted by molar-refractivity contribution is 0.0958. The number of amides is 1. The third kappa shape index (κ3) is 3.00. The quantitative estimate of drug-likeness (QED) is 0.773. The van der Waals surface area contributed by atoms with Gasteiger partial charge in [0.1, 0.15) is 0 Å². The first-order chi connectivity index (χ1) is 9.83. The van der Waals surface area contributed by atoms with Gasteiger partial charge in [0.2, 0.25) is 0 Å². The summed E-state index contributed by atoms with van der Waals surface area (Å²) in [6.45, 7) is 0.655. The van der Waals surface area contributed by atoms with Crippen LogP contribution in [0, 0.1) is 0 Å². The van der Waals surface area contributed by atoms with Gasteiger partial charge >= 0.3 is 0 Å². The third-order valence-corrected chi connectivity index (χ3v) is 4.93. The fraction of sp³-hybridized carbons (Fsp3) is 0.133. The van der Waals surface area contributed by atoms with Crippen molar-refractivity contribution in [2.45, 2.75) is 6.42 Å². The molecular formula is C15H13NO2S2. The molecular weight excluding hydrogens is 290 g/mol. The maximum Gasteiger partial charge on any atom is 0.261 e. The van der Waals surface area contributed by atoms with Crippen molar-refractivity contribution in [3.8, 4) is 10.4 Å². The van der Waals surface area contributed by atoms with Crippen LogP contribution >= 0.6 is 22.7 Å². The summed E-state index contributed by atoms with van der Waals surface area (Å²) < 4.78 is 5.08. The van der Waals surface area contributed by atoms with Gasteiger partial charge in [-0.25, -0.2) is 0 Å². The van der Waals surface area contributed by atoms with Gasteiger partial charge in [-0.2, -0.15) is 0 Å². The van der Waals surface area contributed by atoms with Crippen LogP contribution in [0.15, 0.2) is 52.7 Å². The van der Waals surface area contributed by atoms with Crippen LogP contribution in [0.1, 0.15) is 14.5 Å². The molecule has 0 saturated carbocycles. The third-order valence-electron chi connectivity index (χ3n) is 2.87. The second-order valence-electron chi connectivity index (χ2n) is 4.26. The van der Waals surface area contributed by atoms with Gasteiger partial charge in [-0.3, -0.25) is 4.79 Å². The Morgan fingerprint density at radius 3 is 2.95 bits per heavy atom. The van der Waals surface area contributed by atoms with Crippen molar-refractivity contribution in [1.82, 2.24) is 5.32 Å². The first kappa shape index (κ1) is 13.1. The van der Waals surface area contributed by atoms with Crippen molar-refractivity contribution >= 4 is 28.6 Å². The molecule has 0 aliphatic carbocycles. The van der Waals surface area contributed by atoms with Crippen molar-refractivity contribution in [3.05, 3.63) is 58.0 Å². The zero-order valence-electron chi connectivity index (χ0n) is 10.7. The molecule has 3 aromatic heterocycles. The van der Waals surface area contributed by atoms with Crippen molar-refractivity contribution in [2.75, 3.05) is 6.54 Å². The summed E-state index contributed by atoms with van der Waals surface area (Å²) in [5.74, 6) is 0.00612. The van der Waals surface area contributed by atoms with Gasteiger partial charge in [-0.1, -0.05) is 6.07 Å². The van der Waals surface area contributed by atoms with Gasteiger partial charge in [0.15, 0.2) is 0 Å². The summed E-state index contributed by atoms with van der Waals surface area (Å²) in [6.07, 6.45) is 4.27. The van der Waals surface area contributed by atoms with Gasteiger partial charge in [0, 0.05) is 21.9 Å². The molecule has 0 aromatic carbocycles. The van der Waals surface area contributed by atoms with E-state index in [0.29, 0.717) is 6.54 Å². The first-order valence-corrected chi connectivity index (χ1v) is 7.95. The molecule has 20 heavy (non-hydrogen) atoms. The fourth-order valence-corrected chi connectivity index (χ4v) is 3.50. The van der Waals surface area contributed by atoms with E-state index in [1.54, 1.807) is 23.9 Å². The van der Waals surface area contributed by atoms with Gasteiger partial charge in [0.05, 0.1) is 17.4 Å². The number of carbonyl (C=O) groups is 1. The minimum absolute atomic E-state index is 0.00612. The number of carbonyl (C=O) groups excluding carboxylic acids is 1. The smallest absolute Gasteiger partial charge is 0.261 e. The Bertz CT molecular complexity index is 669. The van der Waals surface area contributed by atoms with Crippen LogP contribution in [0.25, 0.3) is 10.4 Å². The summed E-state index contributed by atoms with van der Waals surface area (Å²) in [5, 5.41) is 4.85. The van der Waals surface area contributed by atoms with E-state index >= 15 is 0 Å². The Labute approximate surface area is 124 Å². The predicted octanol–water partition coefficient (Wildman–Crippen LogP) is 4.04. The standard InChI is InChI=1S/C15H13NO2S2/c17-15(14-2-1-9-19-14)16-7-5-12-3-4-13(20-12)11-6-8-18-10-11/h1-4,6,8-10H,5,7H2,(H,16,17). The van der Waals surface area contributed by atoms with Crippen LogP contribution in [-0.4, -0.2) is 12.5 Å². The number of thiophene rings is 2. The molecule has 0 radical (unpaired) electrons. The molecule has 1 N–H and O–H groups in total. The predicted molar refractivity (Wildman–Crippen MR) is 82.4 cm³/mol. The van der Waals surface area contributed by atoms with Crippen molar-refractivity contribution in [1.29, 1.82) is 0 Å². The van der Waals surface area contributed by atoms with Crippen molar-refractivity contribution < 1.29 is 9.21 Å². The van der Waals surface area contributed by atoms with E-state index in [2.05, 4.69) is 17.4 Å². The van der Waals surface area contributed by atoms with Gasteiger partial charge in [0.25, 0.3) is 5.91 Å². The second kappa shape index (κ2) is 6.07. The monoisotopic (exact) mass is 303 g/mol. The van der Waals surface area contributed by atoms with E-state index < -0.39 is 0 Å². The zero-order chi connectivity index (χ0) is 13.8. The summed E-state index contributed by atoms with van der Waals surface area (Å²) in [4.78, 5) is 15.0. The average Bonchev–Trinajstić information content (AvgIpc) is 3.20. The molecule has 3 heterocycles. The lowest BCUT2D eigenvalue weighted by atomic mass is 10.3. The Balaban J connectivity index is 1.53. The van der Waals surface area contributed by atoms with E-state index in [1.807, 2.05) is 23.6 Å². The lowest BCUT2D eigenvalue weighted by Crippen LogP contribution is -2.24. The molecule has 0 aliphatic heterocycles. The molecule has 3 aromatic rings. The SMILES string of the molecule is O=C(NCCc1ccc(-c2ccoc2)s1)c1cccs1. The Morgan fingerprint density at radius 2 is 2.20 bits per heavy atom. The Kier molecular flexibility index (Phi) is 3.99. The topological polar surface area (TPSA) is 42.2 Å². The van der Waals surface area contributed by atoms with E-state index in [9.17, 15) is 4.79 Å². The normalized spacial score (nSPS) is 10.6. The largest absolute Gasteiger partial charge is 0.472 e. The number of nitrogens with one attached hydrogen (secondary N) is 1. The van der Waals surface area contributed by atoms with E-state index in [0.717, 1.165) is 16.9 Å². The van der Waals surface area contributed by atoms with Gasteiger partial charge in [-0.05, 0) is 36.1 Å². The molecule has 0 spiro atoms. The molecule has 0 atom stereocenters. The highest BCUT2D eigenvalue weighted by atomic mass is 32.1. The molecule has 0 bridgehead atoms. The summed E-state index contributed by atoms with van der Waals surface area (Å²) in [7, 11) is 0. The molecule has 0 saturated heterocycles. The van der Waals surface area contributed by atoms with E-state index in [-0.39, 0.29) is 5.91 Å². The average molecular weight is 303 g/mol. The summed E-state index contributed by atoms with van der Waals surface area (Å²) in [6, 6.07) is 9.86. The first-order valence-electron chi connectivity index (χ1n) is 6.26.